The second-order valence-electron chi connectivity index (χ2n) is 10.5. The van der Waals surface area contributed by atoms with Crippen molar-refractivity contribution < 1.29 is 19.2 Å². The van der Waals surface area contributed by atoms with E-state index >= 15 is 0 Å². The highest BCUT2D eigenvalue weighted by Gasteiger charge is 2.32. The summed E-state index contributed by atoms with van der Waals surface area (Å²) < 4.78 is 0. The largest absolute Gasteiger partial charge is 0.338 e. The lowest BCUT2D eigenvalue weighted by Crippen LogP contribution is -2.41. The highest BCUT2D eigenvalue weighted by molar-refractivity contribution is 6.26. The zero-order valence-electron chi connectivity index (χ0n) is 24.1. The average molecular weight is 570 g/mol. The quantitative estimate of drug-likeness (QED) is 0.101. The molecule has 220 valence electrons. The second-order valence-corrected chi connectivity index (χ2v) is 10.5. The van der Waals surface area contributed by atoms with Crippen LogP contribution < -0.4 is 16.6 Å². The maximum Gasteiger partial charge on any atom is 0.261 e. The van der Waals surface area contributed by atoms with Gasteiger partial charge in [0, 0.05) is 54.9 Å². The lowest BCUT2D eigenvalue weighted by Gasteiger charge is -2.28. The number of amides is 4. The summed E-state index contributed by atoms with van der Waals surface area (Å²) in [5.74, 6) is 5.03. The van der Waals surface area contributed by atoms with Crippen molar-refractivity contribution in [3.63, 3.8) is 0 Å². The van der Waals surface area contributed by atoms with Crippen molar-refractivity contribution in [1.29, 1.82) is 0 Å². The average Bonchev–Trinajstić information content (AvgIpc) is 3.00. The molecule has 1 aliphatic rings. The Bertz CT molecular complexity index is 1430. The molecule has 1 heterocycles. The molecule has 0 fully saturated rings. The van der Waals surface area contributed by atoms with E-state index < -0.39 is 0 Å². The number of carbonyl (C=O) groups is 4. The topological polar surface area (TPSA) is 125 Å². The fourth-order valence-electron chi connectivity index (χ4n) is 5.28. The molecular formula is C33H39N5O4. The summed E-state index contributed by atoms with van der Waals surface area (Å²) in [7, 11) is 0. The van der Waals surface area contributed by atoms with Gasteiger partial charge in [0.05, 0.1) is 5.69 Å². The normalized spacial score (nSPS) is 12.7. The number of nitrogen functional groups attached to an aromatic ring is 1. The molecule has 0 spiro atoms. The lowest BCUT2D eigenvalue weighted by atomic mass is 9.93. The Balaban J connectivity index is 1.27. The maximum atomic E-state index is 13.2. The van der Waals surface area contributed by atoms with Crippen molar-refractivity contribution in [2.45, 2.75) is 58.4 Å². The number of nitrogens with two attached hydrogens (primary N) is 1. The molecule has 4 amide bonds. The zero-order chi connectivity index (χ0) is 29.9. The van der Waals surface area contributed by atoms with E-state index in [1.165, 1.54) is 11.8 Å². The summed E-state index contributed by atoms with van der Waals surface area (Å²) in [6, 6.07) is 18.8. The summed E-state index contributed by atoms with van der Waals surface area (Å²) >= 11 is 0. The Kier molecular flexibility index (Phi) is 10.8. The molecule has 4 rings (SSSR count). The predicted molar refractivity (Wildman–Crippen MR) is 164 cm³/mol. The first-order valence-electron chi connectivity index (χ1n) is 14.5. The Morgan fingerprint density at radius 3 is 2.38 bits per heavy atom. The third-order valence-corrected chi connectivity index (χ3v) is 7.44. The number of nitrogens with one attached hydrogen (secondary N) is 2. The fraction of sp³-hybridized carbons (Fsp3) is 0.333. The van der Waals surface area contributed by atoms with Gasteiger partial charge in [-0.1, -0.05) is 55.0 Å². The number of hydrazine groups is 1. The monoisotopic (exact) mass is 569 g/mol. The molecule has 9 heteroatoms. The number of allylic oxidation sites excluding steroid dienone is 1. The first-order chi connectivity index (χ1) is 20.4. The van der Waals surface area contributed by atoms with Crippen molar-refractivity contribution in [3.05, 3.63) is 89.6 Å². The maximum absolute atomic E-state index is 13.2. The van der Waals surface area contributed by atoms with E-state index in [1.807, 2.05) is 47.4 Å². The molecule has 0 aliphatic carbocycles. The van der Waals surface area contributed by atoms with Crippen LogP contribution in [0.15, 0.2) is 72.9 Å². The van der Waals surface area contributed by atoms with Gasteiger partial charge < -0.3 is 15.6 Å². The predicted octanol–water partition coefficient (Wildman–Crippen LogP) is 5.13. The van der Waals surface area contributed by atoms with Crippen LogP contribution in [0.25, 0.3) is 10.8 Å². The van der Waals surface area contributed by atoms with Crippen molar-refractivity contribution in [2.75, 3.05) is 18.5 Å². The van der Waals surface area contributed by atoms with E-state index in [1.54, 1.807) is 30.5 Å². The van der Waals surface area contributed by atoms with Crippen LogP contribution in [0.5, 0.6) is 0 Å². The van der Waals surface area contributed by atoms with Crippen molar-refractivity contribution in [1.82, 2.24) is 15.1 Å². The molecule has 1 aliphatic heterocycles. The first-order valence-corrected chi connectivity index (χ1v) is 14.5. The first kappa shape index (κ1) is 30.5. The van der Waals surface area contributed by atoms with Gasteiger partial charge in [0.1, 0.15) is 0 Å². The molecule has 0 radical (unpaired) electrons. The van der Waals surface area contributed by atoms with Gasteiger partial charge in [-0.3, -0.25) is 29.9 Å². The number of carbonyl (C=O) groups excluding carboxylic acids is 4. The Hall–Kier alpha value is -4.50. The molecule has 0 bridgehead atoms. The Labute approximate surface area is 246 Å². The van der Waals surface area contributed by atoms with Crippen LogP contribution in [0.2, 0.25) is 0 Å². The molecule has 4 N–H and O–H groups in total. The number of benzene rings is 3. The van der Waals surface area contributed by atoms with Gasteiger partial charge in [-0.25, -0.2) is 0 Å². The number of nitrogens with zero attached hydrogens (tertiary/aromatic N) is 2. The third-order valence-electron chi connectivity index (χ3n) is 7.44. The molecule has 42 heavy (non-hydrogen) atoms. The van der Waals surface area contributed by atoms with Crippen molar-refractivity contribution in [2.24, 2.45) is 5.84 Å². The van der Waals surface area contributed by atoms with Gasteiger partial charge in [-0.2, -0.15) is 0 Å². The summed E-state index contributed by atoms with van der Waals surface area (Å²) in [5, 5.41) is 4.01. The van der Waals surface area contributed by atoms with Crippen molar-refractivity contribution >= 4 is 40.1 Å². The standard InChI is InChI=1S/C33H39N5O4/c1-24(39)35-20-9-2-3-10-21-37(23-25-13-6-4-7-14-25)30(40)17-8-5-11-22-38-32(41)27-16-12-15-26-29(36-34)19-18-28(31(26)27)33(38)42/h4,6-7,9,12-16,18-20,36H,2-3,5,8,10-11,17,21-23,34H2,1H3,(H,35,39)/b20-9+. The molecule has 9 nitrogen and oxygen atoms in total. The molecule has 3 aromatic rings. The summed E-state index contributed by atoms with van der Waals surface area (Å²) in [6.07, 6.45) is 8.62. The van der Waals surface area contributed by atoms with E-state index in [9.17, 15) is 19.2 Å². The molecule has 0 aromatic heterocycles. The van der Waals surface area contributed by atoms with E-state index in [0.717, 1.165) is 36.6 Å². The Morgan fingerprint density at radius 1 is 0.881 bits per heavy atom. The minimum absolute atomic E-state index is 0.0952. The minimum atomic E-state index is -0.302. The van der Waals surface area contributed by atoms with Crippen LogP contribution in [0.3, 0.4) is 0 Å². The smallest absolute Gasteiger partial charge is 0.261 e. The van der Waals surface area contributed by atoms with E-state index in [2.05, 4.69) is 10.7 Å². The number of hydrogen-bond donors (Lipinski definition) is 3. The van der Waals surface area contributed by atoms with Crippen LogP contribution in [-0.4, -0.2) is 46.5 Å². The minimum Gasteiger partial charge on any atom is -0.338 e. The van der Waals surface area contributed by atoms with Gasteiger partial charge in [-0.15, -0.1) is 0 Å². The molecule has 0 atom stereocenters. The summed E-state index contributed by atoms with van der Waals surface area (Å²) in [5.41, 5.74) is 5.38. The van der Waals surface area contributed by atoms with Gasteiger partial charge >= 0.3 is 0 Å². The highest BCUT2D eigenvalue weighted by atomic mass is 16.2. The van der Waals surface area contributed by atoms with Crippen LogP contribution >= 0.6 is 0 Å². The van der Waals surface area contributed by atoms with Gasteiger partial charge in [0.2, 0.25) is 11.8 Å². The van der Waals surface area contributed by atoms with Gasteiger partial charge in [0.25, 0.3) is 11.8 Å². The summed E-state index contributed by atoms with van der Waals surface area (Å²) in [6.45, 7) is 2.99. The van der Waals surface area contributed by atoms with E-state index in [0.29, 0.717) is 61.1 Å². The molecule has 0 saturated carbocycles. The second kappa shape index (κ2) is 14.9. The van der Waals surface area contributed by atoms with E-state index in [4.69, 9.17) is 5.84 Å². The number of rotatable bonds is 15. The van der Waals surface area contributed by atoms with Crippen LogP contribution in [0.4, 0.5) is 5.69 Å². The number of anilines is 1. The van der Waals surface area contributed by atoms with E-state index in [-0.39, 0.29) is 23.6 Å². The van der Waals surface area contributed by atoms with Crippen LogP contribution in [-0.2, 0) is 16.1 Å². The number of imide groups is 1. The third kappa shape index (κ3) is 7.61. The summed E-state index contributed by atoms with van der Waals surface area (Å²) in [4.78, 5) is 53.8. The fourth-order valence-corrected chi connectivity index (χ4v) is 5.28. The molecule has 0 saturated heterocycles. The molecule has 3 aromatic carbocycles. The highest BCUT2D eigenvalue weighted by Crippen LogP contribution is 2.34. The number of unbranched alkanes of at least 4 members (excludes halogenated alkanes) is 4. The number of hydrogen-bond acceptors (Lipinski definition) is 6. The SMILES string of the molecule is CC(=O)N/C=C/CCCCN(Cc1ccccc1)C(=O)CCCCCN1C(=O)c2cccc3c(NN)ccc(c23)C1=O. The lowest BCUT2D eigenvalue weighted by molar-refractivity contribution is -0.132. The van der Waals surface area contributed by atoms with Crippen LogP contribution in [0.1, 0.15) is 78.1 Å². The Morgan fingerprint density at radius 2 is 1.64 bits per heavy atom. The zero-order valence-corrected chi connectivity index (χ0v) is 24.1. The van der Waals surface area contributed by atoms with Gasteiger partial charge in [-0.05, 0) is 62.1 Å². The van der Waals surface area contributed by atoms with Crippen molar-refractivity contribution in [3.8, 4) is 0 Å². The van der Waals surface area contributed by atoms with Gasteiger partial charge in [0.15, 0.2) is 0 Å². The van der Waals surface area contributed by atoms with Crippen LogP contribution in [0, 0.1) is 0 Å². The molecular weight excluding hydrogens is 530 g/mol. The molecule has 0 unspecified atom stereocenters.